The highest BCUT2D eigenvalue weighted by Gasteiger charge is 2.37. The lowest BCUT2D eigenvalue weighted by Crippen LogP contribution is -2.52. The topological polar surface area (TPSA) is 46.3 Å². The molecule has 0 saturated carbocycles. The van der Waals surface area contributed by atoms with Crippen LogP contribution in [0.5, 0.6) is 0 Å². The minimum atomic E-state index is -4.39. The van der Waals surface area contributed by atoms with Crippen LogP contribution in [-0.2, 0) is 4.79 Å². The van der Waals surface area contributed by atoms with Gasteiger partial charge >= 0.3 is 6.18 Å². The second-order valence-corrected chi connectivity index (χ2v) is 5.29. The van der Waals surface area contributed by atoms with Gasteiger partial charge in [0.05, 0.1) is 6.04 Å². The van der Waals surface area contributed by atoms with Gasteiger partial charge < -0.3 is 10.6 Å². The van der Waals surface area contributed by atoms with Gasteiger partial charge in [-0.05, 0) is 25.2 Å². The average molecular weight is 282 g/mol. The quantitative estimate of drug-likeness (QED) is 0.780. The van der Waals surface area contributed by atoms with E-state index >= 15 is 0 Å². The molecule has 0 aromatic heterocycles. The molecule has 6 heteroatoms. The van der Waals surface area contributed by atoms with Crippen LogP contribution >= 0.6 is 0 Å². The van der Waals surface area contributed by atoms with E-state index in [9.17, 15) is 18.0 Å². The van der Waals surface area contributed by atoms with E-state index in [1.165, 1.54) is 0 Å². The fourth-order valence-corrected chi connectivity index (χ4v) is 2.13. The van der Waals surface area contributed by atoms with E-state index in [0.717, 1.165) is 4.90 Å². The van der Waals surface area contributed by atoms with E-state index in [2.05, 4.69) is 0 Å². The van der Waals surface area contributed by atoms with Crippen LogP contribution in [0.1, 0.15) is 47.0 Å². The molecule has 0 bridgehead atoms. The summed E-state index contributed by atoms with van der Waals surface area (Å²) >= 11 is 0. The van der Waals surface area contributed by atoms with Gasteiger partial charge in [0, 0.05) is 6.04 Å². The smallest absolute Gasteiger partial charge is 0.329 e. The molecule has 0 unspecified atom stereocenters. The van der Waals surface area contributed by atoms with Gasteiger partial charge in [-0.2, -0.15) is 13.2 Å². The molecule has 2 N–H and O–H groups in total. The van der Waals surface area contributed by atoms with E-state index in [4.69, 9.17) is 5.73 Å². The second kappa shape index (κ2) is 7.72. The average Bonchev–Trinajstić information content (AvgIpc) is 2.25. The Labute approximate surface area is 113 Å². The van der Waals surface area contributed by atoms with Crippen LogP contribution in [0.15, 0.2) is 0 Å². The van der Waals surface area contributed by atoms with Crippen molar-refractivity contribution in [1.29, 1.82) is 0 Å². The summed E-state index contributed by atoms with van der Waals surface area (Å²) in [7, 11) is 0. The Kier molecular flexibility index (Phi) is 7.41. The highest BCUT2D eigenvalue weighted by molar-refractivity contribution is 5.82. The second-order valence-electron chi connectivity index (χ2n) is 5.29. The van der Waals surface area contributed by atoms with E-state index in [1.807, 2.05) is 13.8 Å². The normalized spacial score (nSPS) is 14.0. The maximum atomic E-state index is 12.6. The number of carbonyl (C=O) groups is 1. The molecule has 0 aliphatic rings. The molecule has 0 heterocycles. The van der Waals surface area contributed by atoms with Crippen LogP contribution in [0.2, 0.25) is 0 Å². The van der Waals surface area contributed by atoms with Crippen LogP contribution in [0.4, 0.5) is 13.2 Å². The first-order valence-electron chi connectivity index (χ1n) is 6.75. The number of rotatable bonds is 7. The van der Waals surface area contributed by atoms with Crippen LogP contribution in [0.3, 0.4) is 0 Å². The molecule has 0 fully saturated rings. The molecule has 0 radical (unpaired) electrons. The van der Waals surface area contributed by atoms with Crippen molar-refractivity contribution >= 4 is 5.91 Å². The largest absolute Gasteiger partial charge is 0.406 e. The summed E-state index contributed by atoms with van der Waals surface area (Å²) in [5, 5.41) is 0. The third-order valence-corrected chi connectivity index (χ3v) is 3.06. The maximum Gasteiger partial charge on any atom is 0.406 e. The van der Waals surface area contributed by atoms with Gasteiger partial charge in [0.15, 0.2) is 0 Å². The summed E-state index contributed by atoms with van der Waals surface area (Å²) in [6, 6.07) is -1.27. The number of nitrogens with zero attached hydrogens (tertiary/aromatic N) is 1. The molecule has 3 nitrogen and oxygen atoms in total. The summed E-state index contributed by atoms with van der Waals surface area (Å²) in [4.78, 5) is 13.0. The molecule has 0 aliphatic heterocycles. The van der Waals surface area contributed by atoms with Crippen molar-refractivity contribution in [3.63, 3.8) is 0 Å². The van der Waals surface area contributed by atoms with Gasteiger partial charge in [0.1, 0.15) is 6.54 Å². The lowest BCUT2D eigenvalue weighted by atomic mass is 10.0. The molecule has 114 valence electrons. The van der Waals surface area contributed by atoms with E-state index in [1.54, 1.807) is 13.8 Å². The molecule has 19 heavy (non-hydrogen) atoms. The molecule has 1 atom stereocenters. The van der Waals surface area contributed by atoms with Crippen molar-refractivity contribution in [2.45, 2.75) is 65.2 Å². The first-order valence-corrected chi connectivity index (χ1v) is 6.75. The number of carbonyl (C=O) groups excluding carboxylic acids is 1. The number of hydrogen-bond acceptors (Lipinski definition) is 2. The number of hydrogen-bond donors (Lipinski definition) is 1. The van der Waals surface area contributed by atoms with Gasteiger partial charge in [0.25, 0.3) is 0 Å². The zero-order valence-corrected chi connectivity index (χ0v) is 12.1. The Balaban J connectivity index is 4.96. The Bertz CT molecular complexity index is 276. The Morgan fingerprint density at radius 1 is 1.21 bits per heavy atom. The Morgan fingerprint density at radius 2 is 1.68 bits per heavy atom. The Morgan fingerprint density at radius 3 is 2.00 bits per heavy atom. The molecule has 0 aromatic carbocycles. The molecule has 0 saturated heterocycles. The van der Waals surface area contributed by atoms with Crippen LogP contribution < -0.4 is 5.73 Å². The Hall–Kier alpha value is -0.780. The molecule has 0 aromatic rings. The summed E-state index contributed by atoms with van der Waals surface area (Å²) in [6.07, 6.45) is -3.01. The zero-order valence-electron chi connectivity index (χ0n) is 12.1. The van der Waals surface area contributed by atoms with Gasteiger partial charge in [-0.25, -0.2) is 0 Å². The fraction of sp³-hybridized carbons (Fsp3) is 0.923. The van der Waals surface area contributed by atoms with Gasteiger partial charge in [-0.15, -0.1) is 0 Å². The number of halogens is 3. The molecule has 0 spiro atoms. The highest BCUT2D eigenvalue weighted by Crippen LogP contribution is 2.21. The van der Waals surface area contributed by atoms with Gasteiger partial charge in [-0.1, -0.05) is 27.7 Å². The van der Waals surface area contributed by atoms with Crippen molar-refractivity contribution in [2.75, 3.05) is 6.54 Å². The van der Waals surface area contributed by atoms with E-state index < -0.39 is 30.7 Å². The molecule has 0 rings (SSSR count). The SMILES string of the molecule is CCC(CC)N(CC(F)(F)F)C(=O)[C@H](N)CC(C)C. The monoisotopic (exact) mass is 282 g/mol. The summed E-state index contributed by atoms with van der Waals surface area (Å²) in [6.45, 7) is 6.11. The summed E-state index contributed by atoms with van der Waals surface area (Å²) in [5.41, 5.74) is 5.73. The van der Waals surface area contributed by atoms with Crippen molar-refractivity contribution in [3.05, 3.63) is 0 Å². The number of alkyl halides is 3. The summed E-state index contributed by atoms with van der Waals surface area (Å²) < 4.78 is 37.8. The molecular formula is C13H25F3N2O. The third kappa shape index (κ3) is 6.80. The highest BCUT2D eigenvalue weighted by atomic mass is 19.4. The van der Waals surface area contributed by atoms with E-state index in [0.29, 0.717) is 19.3 Å². The lowest BCUT2D eigenvalue weighted by molar-refractivity contribution is -0.167. The van der Waals surface area contributed by atoms with Crippen molar-refractivity contribution in [3.8, 4) is 0 Å². The number of nitrogens with two attached hydrogens (primary N) is 1. The third-order valence-electron chi connectivity index (χ3n) is 3.06. The lowest BCUT2D eigenvalue weighted by Gasteiger charge is -2.33. The van der Waals surface area contributed by atoms with E-state index in [-0.39, 0.29) is 5.92 Å². The molecular weight excluding hydrogens is 257 g/mol. The van der Waals surface area contributed by atoms with Crippen molar-refractivity contribution < 1.29 is 18.0 Å². The first-order chi connectivity index (χ1) is 8.62. The van der Waals surface area contributed by atoms with Gasteiger partial charge in [0.2, 0.25) is 5.91 Å². The molecule has 0 aliphatic carbocycles. The van der Waals surface area contributed by atoms with Crippen LogP contribution in [0.25, 0.3) is 0 Å². The fourth-order valence-electron chi connectivity index (χ4n) is 2.13. The standard InChI is InChI=1S/C13H25F3N2O/c1-5-10(6-2)18(8-13(14,15)16)12(19)11(17)7-9(3)4/h9-11H,5-8,17H2,1-4H3/t11-/m1/s1. The summed E-state index contributed by atoms with van der Waals surface area (Å²) in [5.74, 6) is -0.423. The van der Waals surface area contributed by atoms with Crippen LogP contribution in [0, 0.1) is 5.92 Å². The number of amides is 1. The minimum absolute atomic E-state index is 0.174. The predicted octanol–water partition coefficient (Wildman–Crippen LogP) is 2.94. The first kappa shape index (κ1) is 18.2. The maximum absolute atomic E-state index is 12.6. The van der Waals surface area contributed by atoms with Crippen molar-refractivity contribution in [1.82, 2.24) is 4.90 Å². The molecule has 1 amide bonds. The van der Waals surface area contributed by atoms with Gasteiger partial charge in [-0.3, -0.25) is 4.79 Å². The van der Waals surface area contributed by atoms with Crippen molar-refractivity contribution in [2.24, 2.45) is 11.7 Å². The minimum Gasteiger partial charge on any atom is -0.329 e. The zero-order chi connectivity index (χ0) is 15.2. The van der Waals surface area contributed by atoms with Crippen LogP contribution in [-0.4, -0.2) is 35.6 Å². The predicted molar refractivity (Wildman–Crippen MR) is 69.6 cm³/mol.